The summed E-state index contributed by atoms with van der Waals surface area (Å²) in [6, 6.07) is 6.09. The second kappa shape index (κ2) is 5.70. The summed E-state index contributed by atoms with van der Waals surface area (Å²) in [6.45, 7) is 2.51. The molecule has 0 saturated heterocycles. The largest absolute Gasteiger partial charge is 0.439 e. The third-order valence-electron chi connectivity index (χ3n) is 2.89. The van der Waals surface area contributed by atoms with Gasteiger partial charge < -0.3 is 10.1 Å². The molecule has 0 radical (unpaired) electrons. The maximum absolute atomic E-state index is 10.8. The van der Waals surface area contributed by atoms with Gasteiger partial charge >= 0.3 is 0 Å². The van der Waals surface area contributed by atoms with Gasteiger partial charge in [0.15, 0.2) is 0 Å². The van der Waals surface area contributed by atoms with Crippen molar-refractivity contribution >= 4 is 5.69 Å². The Kier molecular flexibility index (Phi) is 3.99. The SMILES string of the molecule is CNCc1c(C)nn(C)c1Oc1cccc([N+](=O)[O-])c1. The summed E-state index contributed by atoms with van der Waals surface area (Å²) < 4.78 is 7.39. The van der Waals surface area contributed by atoms with Gasteiger partial charge in [-0.2, -0.15) is 5.10 Å². The molecule has 106 valence electrons. The predicted octanol–water partition coefficient (Wildman–Crippen LogP) is 2.15. The predicted molar refractivity (Wildman–Crippen MR) is 73.9 cm³/mol. The number of nitro groups is 1. The minimum atomic E-state index is -0.449. The number of hydrogen-bond donors (Lipinski definition) is 1. The van der Waals surface area contributed by atoms with Gasteiger partial charge in [0.25, 0.3) is 5.69 Å². The molecule has 0 saturated carbocycles. The van der Waals surface area contributed by atoms with E-state index in [0.717, 1.165) is 11.3 Å². The van der Waals surface area contributed by atoms with Crippen molar-refractivity contribution in [2.75, 3.05) is 7.05 Å². The van der Waals surface area contributed by atoms with Crippen molar-refractivity contribution < 1.29 is 9.66 Å². The summed E-state index contributed by atoms with van der Waals surface area (Å²) in [5, 5.41) is 18.1. The quantitative estimate of drug-likeness (QED) is 0.668. The van der Waals surface area contributed by atoms with E-state index < -0.39 is 4.92 Å². The highest BCUT2D eigenvalue weighted by molar-refractivity contribution is 5.41. The van der Waals surface area contributed by atoms with Crippen LogP contribution in [0.1, 0.15) is 11.3 Å². The molecule has 20 heavy (non-hydrogen) atoms. The van der Waals surface area contributed by atoms with Crippen molar-refractivity contribution in [1.29, 1.82) is 0 Å². The maximum atomic E-state index is 10.8. The summed E-state index contributed by atoms with van der Waals surface area (Å²) in [5.74, 6) is 0.997. The zero-order chi connectivity index (χ0) is 14.7. The van der Waals surface area contributed by atoms with Crippen LogP contribution in [-0.2, 0) is 13.6 Å². The van der Waals surface area contributed by atoms with Crippen molar-refractivity contribution in [3.05, 3.63) is 45.6 Å². The lowest BCUT2D eigenvalue weighted by atomic mass is 10.2. The lowest BCUT2D eigenvalue weighted by molar-refractivity contribution is -0.384. The van der Waals surface area contributed by atoms with Crippen LogP contribution < -0.4 is 10.1 Å². The Morgan fingerprint density at radius 1 is 1.50 bits per heavy atom. The van der Waals surface area contributed by atoms with E-state index in [1.165, 1.54) is 12.1 Å². The first kappa shape index (κ1) is 14.0. The van der Waals surface area contributed by atoms with Gasteiger partial charge in [-0.25, -0.2) is 4.68 Å². The number of aryl methyl sites for hydroxylation is 2. The van der Waals surface area contributed by atoms with E-state index in [1.807, 2.05) is 14.0 Å². The topological polar surface area (TPSA) is 82.2 Å². The lowest BCUT2D eigenvalue weighted by Gasteiger charge is -2.08. The number of benzene rings is 1. The van der Waals surface area contributed by atoms with Crippen LogP contribution in [0.25, 0.3) is 0 Å². The van der Waals surface area contributed by atoms with E-state index in [-0.39, 0.29) is 5.69 Å². The van der Waals surface area contributed by atoms with Gasteiger partial charge in [0.05, 0.1) is 22.2 Å². The summed E-state index contributed by atoms with van der Waals surface area (Å²) in [4.78, 5) is 10.3. The molecule has 0 amide bonds. The monoisotopic (exact) mass is 276 g/mol. The third-order valence-corrected chi connectivity index (χ3v) is 2.89. The molecule has 0 bridgehead atoms. The van der Waals surface area contributed by atoms with Crippen LogP contribution >= 0.6 is 0 Å². The molecule has 2 rings (SSSR count). The van der Waals surface area contributed by atoms with E-state index in [0.29, 0.717) is 18.2 Å². The first-order chi connectivity index (χ1) is 9.52. The molecule has 1 aromatic carbocycles. The molecule has 0 fully saturated rings. The van der Waals surface area contributed by atoms with Gasteiger partial charge in [-0.15, -0.1) is 0 Å². The standard InChI is InChI=1S/C13H16N4O3/c1-9-12(8-14-2)13(16(3)15-9)20-11-6-4-5-10(7-11)17(18)19/h4-7,14H,8H2,1-3H3. The Bertz CT molecular complexity index is 637. The Hall–Kier alpha value is -2.41. The van der Waals surface area contributed by atoms with Gasteiger partial charge in [0.1, 0.15) is 5.75 Å². The van der Waals surface area contributed by atoms with E-state index in [1.54, 1.807) is 23.9 Å². The van der Waals surface area contributed by atoms with E-state index in [2.05, 4.69) is 10.4 Å². The lowest BCUT2D eigenvalue weighted by Crippen LogP contribution is -2.07. The first-order valence-corrected chi connectivity index (χ1v) is 6.12. The fourth-order valence-electron chi connectivity index (χ4n) is 1.96. The summed E-state index contributed by atoms with van der Waals surface area (Å²) in [5.41, 5.74) is 1.79. The third kappa shape index (κ3) is 2.77. The van der Waals surface area contributed by atoms with Crippen LogP contribution in [0, 0.1) is 17.0 Å². The molecular weight excluding hydrogens is 260 g/mol. The smallest absolute Gasteiger partial charge is 0.273 e. The molecule has 0 atom stereocenters. The van der Waals surface area contributed by atoms with Crippen LogP contribution in [0.5, 0.6) is 11.6 Å². The van der Waals surface area contributed by atoms with Gasteiger partial charge in [-0.3, -0.25) is 10.1 Å². The molecule has 2 aromatic rings. The molecule has 0 aliphatic heterocycles. The first-order valence-electron chi connectivity index (χ1n) is 6.12. The van der Waals surface area contributed by atoms with Gasteiger partial charge in [-0.05, 0) is 20.0 Å². The highest BCUT2D eigenvalue weighted by Gasteiger charge is 2.16. The highest BCUT2D eigenvalue weighted by atomic mass is 16.6. The van der Waals surface area contributed by atoms with Crippen molar-refractivity contribution in [3.8, 4) is 11.6 Å². The van der Waals surface area contributed by atoms with Crippen LogP contribution in [0.2, 0.25) is 0 Å². The number of hydrogen-bond acceptors (Lipinski definition) is 5. The van der Waals surface area contributed by atoms with Crippen LogP contribution in [0.15, 0.2) is 24.3 Å². The van der Waals surface area contributed by atoms with Crippen molar-refractivity contribution in [3.63, 3.8) is 0 Å². The number of ether oxygens (including phenoxy) is 1. The normalized spacial score (nSPS) is 10.6. The molecule has 0 aliphatic carbocycles. The second-order valence-electron chi connectivity index (χ2n) is 4.38. The number of aromatic nitrogens is 2. The average molecular weight is 276 g/mol. The van der Waals surface area contributed by atoms with E-state index in [4.69, 9.17) is 4.74 Å². The van der Waals surface area contributed by atoms with Crippen LogP contribution in [0.3, 0.4) is 0 Å². The minimum absolute atomic E-state index is 0.00319. The van der Waals surface area contributed by atoms with Crippen LogP contribution in [-0.4, -0.2) is 21.8 Å². The Balaban J connectivity index is 2.34. The molecule has 0 aliphatic rings. The highest BCUT2D eigenvalue weighted by Crippen LogP contribution is 2.29. The molecule has 7 nitrogen and oxygen atoms in total. The number of rotatable bonds is 5. The Labute approximate surface area is 116 Å². The van der Waals surface area contributed by atoms with E-state index in [9.17, 15) is 10.1 Å². The molecular formula is C13H16N4O3. The Morgan fingerprint density at radius 3 is 2.90 bits per heavy atom. The maximum Gasteiger partial charge on any atom is 0.273 e. The molecule has 1 heterocycles. The van der Waals surface area contributed by atoms with Gasteiger partial charge in [0.2, 0.25) is 5.88 Å². The number of nitro benzene ring substituents is 1. The van der Waals surface area contributed by atoms with Crippen molar-refractivity contribution in [2.24, 2.45) is 7.05 Å². The zero-order valence-electron chi connectivity index (χ0n) is 11.6. The number of non-ortho nitro benzene ring substituents is 1. The molecule has 0 spiro atoms. The van der Waals surface area contributed by atoms with Crippen molar-refractivity contribution in [2.45, 2.75) is 13.5 Å². The molecule has 1 aromatic heterocycles. The molecule has 0 unspecified atom stereocenters. The van der Waals surface area contributed by atoms with Crippen molar-refractivity contribution in [1.82, 2.24) is 15.1 Å². The number of nitrogens with zero attached hydrogens (tertiary/aromatic N) is 3. The van der Waals surface area contributed by atoms with Gasteiger partial charge in [-0.1, -0.05) is 6.07 Å². The average Bonchev–Trinajstić information content (AvgIpc) is 2.66. The summed E-state index contributed by atoms with van der Waals surface area (Å²) in [7, 11) is 3.61. The minimum Gasteiger partial charge on any atom is -0.439 e. The van der Waals surface area contributed by atoms with Gasteiger partial charge in [0, 0.05) is 19.7 Å². The summed E-state index contributed by atoms with van der Waals surface area (Å²) in [6.07, 6.45) is 0. The second-order valence-corrected chi connectivity index (χ2v) is 4.38. The van der Waals surface area contributed by atoms with E-state index >= 15 is 0 Å². The van der Waals surface area contributed by atoms with Crippen LogP contribution in [0.4, 0.5) is 5.69 Å². The Morgan fingerprint density at radius 2 is 2.25 bits per heavy atom. The fourth-order valence-corrected chi connectivity index (χ4v) is 1.96. The number of nitrogens with one attached hydrogen (secondary N) is 1. The summed E-state index contributed by atoms with van der Waals surface area (Å²) >= 11 is 0. The zero-order valence-corrected chi connectivity index (χ0v) is 11.6. The molecule has 1 N–H and O–H groups in total. The fraction of sp³-hybridized carbons (Fsp3) is 0.308. The molecule has 7 heteroatoms.